The number of carbonyl (C=O) groups excluding carboxylic acids is 1. The molecule has 24 heavy (non-hydrogen) atoms. The van der Waals surface area contributed by atoms with Crippen LogP contribution < -0.4 is 5.32 Å². The molecule has 0 aliphatic carbocycles. The number of benzene rings is 1. The van der Waals surface area contributed by atoms with Gasteiger partial charge >= 0.3 is 0 Å². The lowest BCUT2D eigenvalue weighted by molar-refractivity contribution is 0.0919. The molecule has 1 aliphatic heterocycles. The monoisotopic (exact) mass is 330 g/mol. The van der Waals surface area contributed by atoms with Crippen LogP contribution in [0.3, 0.4) is 0 Å². The summed E-state index contributed by atoms with van der Waals surface area (Å²) in [5, 5.41) is 2.92. The number of nitrogens with zero attached hydrogens (tertiary/aromatic N) is 1. The van der Waals surface area contributed by atoms with E-state index in [1.807, 2.05) is 19.1 Å². The van der Waals surface area contributed by atoms with Gasteiger partial charge in [0, 0.05) is 19.6 Å². The normalized spacial score (nSPS) is 18.0. The molecular weight excluding hydrogens is 307 g/mol. The van der Waals surface area contributed by atoms with Crippen molar-refractivity contribution in [3.63, 3.8) is 0 Å². The van der Waals surface area contributed by atoms with E-state index in [0.29, 0.717) is 23.8 Å². The van der Waals surface area contributed by atoms with Gasteiger partial charge in [-0.2, -0.15) is 0 Å². The number of furan rings is 1. The first-order valence-electron chi connectivity index (χ1n) is 8.33. The second-order valence-electron chi connectivity index (χ2n) is 6.56. The Labute approximate surface area is 141 Å². The zero-order valence-electron chi connectivity index (χ0n) is 14.1. The molecule has 1 atom stereocenters. The summed E-state index contributed by atoms with van der Waals surface area (Å²) in [4.78, 5) is 14.2. The summed E-state index contributed by atoms with van der Waals surface area (Å²) in [6.45, 7) is 6.90. The molecule has 1 fully saturated rings. The smallest absolute Gasteiger partial charge is 0.286 e. The number of rotatable bonds is 5. The molecular formula is C19H23FN2O2. The van der Waals surface area contributed by atoms with Gasteiger partial charge in [0.05, 0.1) is 6.26 Å². The summed E-state index contributed by atoms with van der Waals surface area (Å²) in [6.07, 6.45) is 2.53. The van der Waals surface area contributed by atoms with Gasteiger partial charge in [-0.3, -0.25) is 9.69 Å². The number of hydrogen-bond donors (Lipinski definition) is 1. The van der Waals surface area contributed by atoms with Gasteiger partial charge in [-0.15, -0.1) is 0 Å². The number of halogens is 1. The summed E-state index contributed by atoms with van der Waals surface area (Å²) < 4.78 is 19.1. The molecule has 1 aromatic heterocycles. The van der Waals surface area contributed by atoms with Gasteiger partial charge in [0.1, 0.15) is 5.82 Å². The Balaban J connectivity index is 1.51. The minimum Gasteiger partial charge on any atom is -0.459 e. The van der Waals surface area contributed by atoms with Crippen LogP contribution >= 0.6 is 0 Å². The van der Waals surface area contributed by atoms with E-state index in [1.165, 1.54) is 6.26 Å². The molecule has 1 aromatic carbocycles. The fourth-order valence-corrected chi connectivity index (χ4v) is 3.23. The molecule has 1 N–H and O–H groups in total. The predicted molar refractivity (Wildman–Crippen MR) is 90.3 cm³/mol. The van der Waals surface area contributed by atoms with Gasteiger partial charge < -0.3 is 9.73 Å². The van der Waals surface area contributed by atoms with Crippen molar-refractivity contribution in [2.45, 2.75) is 26.8 Å². The highest BCUT2D eigenvalue weighted by atomic mass is 19.1. The summed E-state index contributed by atoms with van der Waals surface area (Å²) in [7, 11) is 0. The maximum atomic E-state index is 14.0. The SMILES string of the molecule is Cc1ccc(CN2CC[C@H](CNC(=O)c3ccco3)C2)c(C)c1F. The van der Waals surface area contributed by atoms with E-state index < -0.39 is 0 Å². The molecule has 128 valence electrons. The van der Waals surface area contributed by atoms with Crippen molar-refractivity contribution in [2.75, 3.05) is 19.6 Å². The minimum absolute atomic E-state index is 0.103. The molecule has 1 saturated heterocycles. The molecule has 0 saturated carbocycles. The first-order chi connectivity index (χ1) is 11.5. The van der Waals surface area contributed by atoms with Crippen LogP contribution in [0.1, 0.15) is 33.7 Å². The van der Waals surface area contributed by atoms with Crippen molar-refractivity contribution < 1.29 is 13.6 Å². The Kier molecular flexibility index (Phi) is 5.00. The van der Waals surface area contributed by atoms with E-state index in [9.17, 15) is 9.18 Å². The highest BCUT2D eigenvalue weighted by Crippen LogP contribution is 2.22. The molecule has 2 aromatic rings. The Morgan fingerprint density at radius 1 is 1.38 bits per heavy atom. The highest BCUT2D eigenvalue weighted by molar-refractivity contribution is 5.91. The predicted octanol–water partition coefficient (Wildman–Crippen LogP) is 3.29. The average Bonchev–Trinajstić information content (AvgIpc) is 3.25. The minimum atomic E-state index is -0.171. The van der Waals surface area contributed by atoms with Crippen molar-refractivity contribution in [1.29, 1.82) is 0 Å². The molecule has 1 aliphatic rings. The van der Waals surface area contributed by atoms with Gasteiger partial charge in [-0.25, -0.2) is 4.39 Å². The molecule has 3 rings (SSSR count). The molecule has 0 spiro atoms. The number of hydrogen-bond acceptors (Lipinski definition) is 3. The van der Waals surface area contributed by atoms with Gasteiger partial charge in [0.2, 0.25) is 0 Å². The third-order valence-electron chi connectivity index (χ3n) is 4.75. The van der Waals surface area contributed by atoms with Crippen molar-refractivity contribution in [3.05, 3.63) is 58.8 Å². The topological polar surface area (TPSA) is 45.5 Å². The summed E-state index contributed by atoms with van der Waals surface area (Å²) in [6, 6.07) is 7.22. The Morgan fingerprint density at radius 3 is 2.96 bits per heavy atom. The molecule has 5 heteroatoms. The molecule has 1 amide bonds. The van der Waals surface area contributed by atoms with Crippen LogP contribution in [-0.4, -0.2) is 30.4 Å². The van der Waals surface area contributed by atoms with Gasteiger partial charge in [-0.1, -0.05) is 12.1 Å². The zero-order chi connectivity index (χ0) is 17.1. The van der Waals surface area contributed by atoms with Crippen LogP contribution in [-0.2, 0) is 6.54 Å². The highest BCUT2D eigenvalue weighted by Gasteiger charge is 2.24. The number of nitrogens with one attached hydrogen (secondary N) is 1. The maximum absolute atomic E-state index is 14.0. The average molecular weight is 330 g/mol. The lowest BCUT2D eigenvalue weighted by Crippen LogP contribution is -2.30. The summed E-state index contributed by atoms with van der Waals surface area (Å²) in [5.74, 6) is 0.485. The zero-order valence-corrected chi connectivity index (χ0v) is 14.1. The molecule has 2 heterocycles. The van der Waals surface area contributed by atoms with Gasteiger partial charge in [0.25, 0.3) is 5.91 Å². The van der Waals surface area contributed by atoms with Crippen molar-refractivity contribution in [1.82, 2.24) is 10.2 Å². The number of amides is 1. The van der Waals surface area contributed by atoms with Gasteiger partial charge in [-0.05, 0) is 61.6 Å². The molecule has 0 radical (unpaired) electrons. The Hall–Kier alpha value is -2.14. The number of aryl methyl sites for hydroxylation is 1. The van der Waals surface area contributed by atoms with E-state index in [2.05, 4.69) is 10.2 Å². The van der Waals surface area contributed by atoms with Crippen LogP contribution in [0, 0.1) is 25.6 Å². The maximum Gasteiger partial charge on any atom is 0.286 e. The third kappa shape index (κ3) is 3.67. The largest absolute Gasteiger partial charge is 0.459 e. The van der Waals surface area contributed by atoms with E-state index in [-0.39, 0.29) is 11.7 Å². The number of likely N-dealkylation sites (tertiary alicyclic amines) is 1. The first kappa shape index (κ1) is 16.7. The van der Waals surface area contributed by atoms with Gasteiger partial charge in [0.15, 0.2) is 5.76 Å². The van der Waals surface area contributed by atoms with Crippen molar-refractivity contribution in [2.24, 2.45) is 5.92 Å². The van der Waals surface area contributed by atoms with Crippen LogP contribution in [0.15, 0.2) is 34.9 Å². The second-order valence-corrected chi connectivity index (χ2v) is 6.56. The summed E-state index contributed by atoms with van der Waals surface area (Å²) >= 11 is 0. The van der Waals surface area contributed by atoms with Crippen LogP contribution in [0.2, 0.25) is 0 Å². The van der Waals surface area contributed by atoms with Crippen LogP contribution in [0.4, 0.5) is 4.39 Å². The number of carbonyl (C=O) groups is 1. The van der Waals surface area contributed by atoms with E-state index in [4.69, 9.17) is 4.42 Å². The first-order valence-corrected chi connectivity index (χ1v) is 8.33. The summed E-state index contributed by atoms with van der Waals surface area (Å²) in [5.41, 5.74) is 2.47. The quantitative estimate of drug-likeness (QED) is 0.915. The second kappa shape index (κ2) is 7.18. The fourth-order valence-electron chi connectivity index (χ4n) is 3.23. The standard InChI is InChI=1S/C19H23FN2O2/c1-13-5-6-16(14(2)18(13)20)12-22-8-7-15(11-22)10-21-19(23)17-4-3-9-24-17/h3-6,9,15H,7-8,10-12H2,1-2H3,(H,21,23)/t15-/m1/s1. The van der Waals surface area contributed by atoms with Crippen molar-refractivity contribution in [3.8, 4) is 0 Å². The molecule has 0 bridgehead atoms. The van der Waals surface area contributed by atoms with Crippen molar-refractivity contribution >= 4 is 5.91 Å². The van der Waals surface area contributed by atoms with E-state index in [0.717, 1.165) is 37.2 Å². The van der Waals surface area contributed by atoms with Crippen LogP contribution in [0.25, 0.3) is 0 Å². The van der Waals surface area contributed by atoms with E-state index >= 15 is 0 Å². The third-order valence-corrected chi connectivity index (χ3v) is 4.75. The Bertz CT molecular complexity index is 712. The lowest BCUT2D eigenvalue weighted by atomic mass is 10.0. The molecule has 0 unspecified atom stereocenters. The Morgan fingerprint density at radius 2 is 2.21 bits per heavy atom. The van der Waals surface area contributed by atoms with E-state index in [1.54, 1.807) is 19.1 Å². The van der Waals surface area contributed by atoms with Crippen LogP contribution in [0.5, 0.6) is 0 Å². The fraction of sp³-hybridized carbons (Fsp3) is 0.421. The molecule has 4 nitrogen and oxygen atoms in total. The lowest BCUT2D eigenvalue weighted by Gasteiger charge is -2.18.